The summed E-state index contributed by atoms with van der Waals surface area (Å²) in [4.78, 5) is 0. The molecule has 0 saturated carbocycles. The smallest absolute Gasteiger partial charge is 0.174 e. The number of rotatable bonds is 9. The summed E-state index contributed by atoms with van der Waals surface area (Å²) < 4.78 is 16.5. The van der Waals surface area contributed by atoms with Crippen molar-refractivity contribution in [2.45, 2.75) is 25.4 Å². The minimum absolute atomic E-state index is 0.352. The first-order valence-electron chi connectivity index (χ1n) is 7.73. The van der Waals surface area contributed by atoms with E-state index in [0.29, 0.717) is 13.2 Å². The summed E-state index contributed by atoms with van der Waals surface area (Å²) >= 11 is 0. The highest BCUT2D eigenvalue weighted by Crippen LogP contribution is 2.12. The lowest BCUT2D eigenvalue weighted by molar-refractivity contribution is -0.0394. The highest BCUT2D eigenvalue weighted by Gasteiger charge is 2.21. The maximum absolute atomic E-state index is 9.44. The van der Waals surface area contributed by atoms with Crippen molar-refractivity contribution >= 4 is 0 Å². The van der Waals surface area contributed by atoms with Gasteiger partial charge in [0, 0.05) is 0 Å². The Balaban J connectivity index is 1.98. The van der Waals surface area contributed by atoms with Crippen molar-refractivity contribution in [2.75, 3.05) is 7.11 Å². The molecule has 0 radical (unpaired) electrons. The Bertz CT molecular complexity index is 650. The van der Waals surface area contributed by atoms with Gasteiger partial charge in [0.15, 0.2) is 6.10 Å². The van der Waals surface area contributed by atoms with Crippen molar-refractivity contribution < 1.29 is 14.2 Å². The Kier molecular flexibility index (Phi) is 7.55. The molecule has 0 aromatic heterocycles. The summed E-state index contributed by atoms with van der Waals surface area (Å²) in [5.41, 5.74) is 2.04. The molecule has 0 aliphatic carbocycles. The van der Waals surface area contributed by atoms with Gasteiger partial charge in [-0.15, -0.1) is 0 Å². The first-order chi connectivity index (χ1) is 11.8. The van der Waals surface area contributed by atoms with Gasteiger partial charge in [-0.2, -0.15) is 5.26 Å². The van der Waals surface area contributed by atoms with E-state index in [-0.39, 0.29) is 0 Å². The maximum atomic E-state index is 9.44. The lowest BCUT2D eigenvalue weighted by Crippen LogP contribution is -2.28. The molecule has 0 bridgehead atoms. The molecule has 0 fully saturated rings. The van der Waals surface area contributed by atoms with Gasteiger partial charge in [0.05, 0.1) is 32.7 Å². The molecular formula is C20H21NO3. The second-order valence-corrected chi connectivity index (χ2v) is 5.17. The summed E-state index contributed by atoms with van der Waals surface area (Å²) in [6.45, 7) is 0.748. The molecule has 2 rings (SSSR count). The molecule has 4 heteroatoms. The number of benzene rings is 2. The predicted molar refractivity (Wildman–Crippen MR) is 91.8 cm³/mol. The van der Waals surface area contributed by atoms with Crippen LogP contribution >= 0.6 is 0 Å². The third-order valence-corrected chi connectivity index (χ3v) is 3.39. The van der Waals surface area contributed by atoms with Crippen LogP contribution < -0.4 is 0 Å². The first-order valence-corrected chi connectivity index (χ1v) is 7.73. The molecular weight excluding hydrogens is 302 g/mol. The lowest BCUT2D eigenvalue weighted by Gasteiger charge is -2.20. The average Bonchev–Trinajstić information content (AvgIpc) is 2.65. The second kappa shape index (κ2) is 10.2. The molecule has 0 unspecified atom stereocenters. The van der Waals surface area contributed by atoms with E-state index in [2.05, 4.69) is 6.07 Å². The van der Waals surface area contributed by atoms with E-state index in [1.54, 1.807) is 13.2 Å². The average molecular weight is 323 g/mol. The third kappa shape index (κ3) is 5.88. The highest BCUT2D eigenvalue weighted by atomic mass is 16.5. The SMILES string of the molecule is CO/C=C/[C@H](OCc1ccccc1)[C@@H](C#N)OCc1ccccc1. The van der Waals surface area contributed by atoms with E-state index in [0.717, 1.165) is 11.1 Å². The molecule has 0 saturated heterocycles. The van der Waals surface area contributed by atoms with Crippen LogP contribution in [0.15, 0.2) is 73.0 Å². The van der Waals surface area contributed by atoms with Gasteiger partial charge in [0.2, 0.25) is 0 Å². The molecule has 124 valence electrons. The normalized spacial score (nSPS) is 13.3. The van der Waals surface area contributed by atoms with Crippen molar-refractivity contribution in [3.8, 4) is 6.07 Å². The largest absolute Gasteiger partial charge is 0.505 e. The maximum Gasteiger partial charge on any atom is 0.174 e. The fourth-order valence-electron chi connectivity index (χ4n) is 2.13. The number of nitrogens with zero attached hydrogens (tertiary/aromatic N) is 1. The van der Waals surface area contributed by atoms with Crippen LogP contribution in [0.4, 0.5) is 0 Å². The minimum Gasteiger partial charge on any atom is -0.505 e. The summed E-state index contributed by atoms with van der Waals surface area (Å²) in [7, 11) is 1.55. The molecule has 24 heavy (non-hydrogen) atoms. The Morgan fingerprint density at radius 1 is 0.917 bits per heavy atom. The van der Waals surface area contributed by atoms with Crippen LogP contribution in [0.3, 0.4) is 0 Å². The standard InChI is InChI=1S/C20H21NO3/c1-22-13-12-19(23-15-17-8-4-2-5-9-17)20(14-21)24-16-18-10-6-3-7-11-18/h2-13,19-20H,15-16H2,1H3/b13-12+/t19-,20+/m0/s1. The van der Waals surface area contributed by atoms with Crippen LogP contribution in [0.1, 0.15) is 11.1 Å². The van der Waals surface area contributed by atoms with Crippen LogP contribution in [0.25, 0.3) is 0 Å². The lowest BCUT2D eigenvalue weighted by atomic mass is 10.2. The Labute approximate surface area is 142 Å². The summed E-state index contributed by atoms with van der Waals surface area (Å²) in [6.07, 6.45) is 1.97. The number of hydrogen-bond donors (Lipinski definition) is 0. The number of ether oxygens (including phenoxy) is 3. The Morgan fingerprint density at radius 2 is 1.46 bits per heavy atom. The quantitative estimate of drug-likeness (QED) is 0.658. The molecule has 0 N–H and O–H groups in total. The van der Waals surface area contributed by atoms with Gasteiger partial charge in [0.25, 0.3) is 0 Å². The first kappa shape index (κ1) is 17.7. The molecule has 0 amide bonds. The van der Waals surface area contributed by atoms with E-state index in [9.17, 15) is 5.26 Å². The van der Waals surface area contributed by atoms with E-state index in [4.69, 9.17) is 14.2 Å². The fourth-order valence-corrected chi connectivity index (χ4v) is 2.13. The van der Waals surface area contributed by atoms with Crippen LogP contribution in [0.5, 0.6) is 0 Å². The molecule has 0 aliphatic rings. The molecule has 0 spiro atoms. The fraction of sp³-hybridized carbons (Fsp3) is 0.250. The second-order valence-electron chi connectivity index (χ2n) is 5.17. The van der Waals surface area contributed by atoms with E-state index in [1.165, 1.54) is 6.26 Å². The topological polar surface area (TPSA) is 51.5 Å². The van der Waals surface area contributed by atoms with Crippen molar-refractivity contribution in [3.63, 3.8) is 0 Å². The molecule has 4 nitrogen and oxygen atoms in total. The van der Waals surface area contributed by atoms with Gasteiger partial charge in [0.1, 0.15) is 6.10 Å². The zero-order valence-corrected chi connectivity index (χ0v) is 13.7. The van der Waals surface area contributed by atoms with Crippen LogP contribution in [-0.2, 0) is 27.4 Å². The summed E-state index contributed by atoms with van der Waals surface area (Å²) in [6, 6.07) is 21.7. The zero-order chi connectivity index (χ0) is 17.0. The minimum atomic E-state index is -0.722. The number of nitriles is 1. The van der Waals surface area contributed by atoms with E-state index in [1.807, 2.05) is 60.7 Å². The Hall–Kier alpha value is -2.61. The summed E-state index contributed by atoms with van der Waals surface area (Å²) in [5.74, 6) is 0. The van der Waals surface area contributed by atoms with Crippen LogP contribution in [-0.4, -0.2) is 19.3 Å². The van der Waals surface area contributed by atoms with Crippen LogP contribution in [0, 0.1) is 11.3 Å². The van der Waals surface area contributed by atoms with Gasteiger partial charge >= 0.3 is 0 Å². The molecule has 2 atom stereocenters. The van der Waals surface area contributed by atoms with Gasteiger partial charge in [-0.05, 0) is 17.2 Å². The zero-order valence-electron chi connectivity index (χ0n) is 13.7. The van der Waals surface area contributed by atoms with Crippen LogP contribution in [0.2, 0.25) is 0 Å². The van der Waals surface area contributed by atoms with Gasteiger partial charge in [-0.3, -0.25) is 0 Å². The predicted octanol–water partition coefficient (Wildman–Crippen LogP) is 3.84. The molecule has 2 aromatic carbocycles. The number of methoxy groups -OCH3 is 1. The Morgan fingerprint density at radius 3 is 1.96 bits per heavy atom. The third-order valence-electron chi connectivity index (χ3n) is 3.39. The summed E-state index contributed by atoms with van der Waals surface area (Å²) in [5, 5.41) is 9.44. The van der Waals surface area contributed by atoms with Gasteiger partial charge < -0.3 is 14.2 Å². The molecule has 0 heterocycles. The highest BCUT2D eigenvalue weighted by molar-refractivity contribution is 5.15. The van der Waals surface area contributed by atoms with Crippen molar-refractivity contribution in [1.82, 2.24) is 0 Å². The molecule has 2 aromatic rings. The van der Waals surface area contributed by atoms with Crippen molar-refractivity contribution in [2.24, 2.45) is 0 Å². The van der Waals surface area contributed by atoms with E-state index < -0.39 is 12.2 Å². The van der Waals surface area contributed by atoms with E-state index >= 15 is 0 Å². The number of hydrogen-bond acceptors (Lipinski definition) is 4. The van der Waals surface area contributed by atoms with Gasteiger partial charge in [-0.1, -0.05) is 60.7 Å². The molecule has 0 aliphatic heterocycles. The van der Waals surface area contributed by atoms with Gasteiger partial charge in [-0.25, -0.2) is 0 Å². The van der Waals surface area contributed by atoms with Crippen molar-refractivity contribution in [1.29, 1.82) is 5.26 Å². The monoisotopic (exact) mass is 323 g/mol. The van der Waals surface area contributed by atoms with Crippen molar-refractivity contribution in [3.05, 3.63) is 84.1 Å².